The Bertz CT molecular complexity index is 361. The molecule has 0 bridgehead atoms. The van der Waals surface area contributed by atoms with Crippen LogP contribution in [0.4, 0.5) is 0 Å². The van der Waals surface area contributed by atoms with Crippen molar-refractivity contribution in [2.24, 2.45) is 0 Å². The predicted molar refractivity (Wildman–Crippen MR) is 62.1 cm³/mol. The first-order valence-corrected chi connectivity index (χ1v) is 6.54. The number of carbonyl (C=O) groups is 1. The molecule has 82 valence electrons. The van der Waals surface area contributed by atoms with Crippen LogP contribution in [0.3, 0.4) is 0 Å². The van der Waals surface area contributed by atoms with Crippen molar-refractivity contribution in [1.29, 1.82) is 0 Å². The van der Waals surface area contributed by atoms with E-state index < -0.39 is 16.8 Å². The quantitative estimate of drug-likeness (QED) is 0.798. The van der Waals surface area contributed by atoms with Gasteiger partial charge in [0.15, 0.2) is 0 Å². The highest BCUT2D eigenvalue weighted by molar-refractivity contribution is 9.10. The van der Waals surface area contributed by atoms with Crippen LogP contribution in [0.2, 0.25) is 0 Å². The average molecular weight is 291 g/mol. The molecule has 0 radical (unpaired) electrons. The molecule has 0 aromatic heterocycles. The molecule has 15 heavy (non-hydrogen) atoms. The van der Waals surface area contributed by atoms with Gasteiger partial charge in [0.05, 0.1) is 17.4 Å². The Labute approximate surface area is 99.4 Å². The topological polar surface area (TPSA) is 43.4 Å². The lowest BCUT2D eigenvalue weighted by molar-refractivity contribution is -0.139. The maximum Gasteiger partial charge on any atom is 0.318 e. The SMILES string of the molecule is CCOC(=O)CS(=O)c1ccc(Br)cc1. The van der Waals surface area contributed by atoms with Crippen molar-refractivity contribution in [2.75, 3.05) is 12.4 Å². The molecule has 1 atom stereocenters. The monoisotopic (exact) mass is 290 g/mol. The Hall–Kier alpha value is -0.680. The van der Waals surface area contributed by atoms with Crippen molar-refractivity contribution < 1.29 is 13.7 Å². The predicted octanol–water partition coefficient (Wildman–Crippen LogP) is 2.12. The summed E-state index contributed by atoms with van der Waals surface area (Å²) in [6.45, 7) is 2.04. The summed E-state index contributed by atoms with van der Waals surface area (Å²) in [5.41, 5.74) is 0. The van der Waals surface area contributed by atoms with E-state index in [1.165, 1.54) is 0 Å². The Morgan fingerprint density at radius 1 is 1.40 bits per heavy atom. The Morgan fingerprint density at radius 3 is 2.53 bits per heavy atom. The highest BCUT2D eigenvalue weighted by Gasteiger charge is 2.10. The lowest BCUT2D eigenvalue weighted by atomic mass is 10.4. The van der Waals surface area contributed by atoms with Crippen LogP contribution < -0.4 is 0 Å². The second-order valence-electron chi connectivity index (χ2n) is 2.75. The van der Waals surface area contributed by atoms with Crippen LogP contribution in [0.25, 0.3) is 0 Å². The number of hydrogen-bond acceptors (Lipinski definition) is 3. The number of benzene rings is 1. The van der Waals surface area contributed by atoms with E-state index in [4.69, 9.17) is 4.74 Å². The molecule has 1 aromatic rings. The van der Waals surface area contributed by atoms with Gasteiger partial charge >= 0.3 is 5.97 Å². The fraction of sp³-hybridized carbons (Fsp3) is 0.300. The fourth-order valence-electron chi connectivity index (χ4n) is 0.979. The number of ether oxygens (including phenoxy) is 1. The summed E-state index contributed by atoms with van der Waals surface area (Å²) in [6.07, 6.45) is 0. The zero-order chi connectivity index (χ0) is 11.3. The van der Waals surface area contributed by atoms with Gasteiger partial charge in [0, 0.05) is 9.37 Å². The largest absolute Gasteiger partial charge is 0.465 e. The highest BCUT2D eigenvalue weighted by Crippen LogP contribution is 2.13. The summed E-state index contributed by atoms with van der Waals surface area (Å²) in [4.78, 5) is 11.7. The van der Waals surface area contributed by atoms with E-state index in [9.17, 15) is 9.00 Å². The third kappa shape index (κ3) is 4.13. The van der Waals surface area contributed by atoms with Gasteiger partial charge in [-0.25, -0.2) is 0 Å². The second-order valence-corrected chi connectivity index (χ2v) is 5.12. The van der Waals surface area contributed by atoms with Crippen molar-refractivity contribution in [3.8, 4) is 0 Å². The van der Waals surface area contributed by atoms with Gasteiger partial charge in [0.25, 0.3) is 0 Å². The molecule has 0 heterocycles. The van der Waals surface area contributed by atoms with Crippen molar-refractivity contribution in [3.63, 3.8) is 0 Å². The highest BCUT2D eigenvalue weighted by atomic mass is 79.9. The molecule has 0 aliphatic heterocycles. The molecule has 0 aliphatic carbocycles. The normalized spacial score (nSPS) is 12.1. The minimum Gasteiger partial charge on any atom is -0.465 e. The van der Waals surface area contributed by atoms with Crippen LogP contribution in [-0.4, -0.2) is 22.5 Å². The number of rotatable bonds is 4. The minimum atomic E-state index is -1.32. The summed E-state index contributed by atoms with van der Waals surface area (Å²) in [5, 5.41) is 0. The molecule has 0 saturated carbocycles. The molecule has 3 nitrogen and oxygen atoms in total. The fourth-order valence-corrected chi connectivity index (χ4v) is 2.15. The summed E-state index contributed by atoms with van der Waals surface area (Å²) < 4.78 is 17.3. The molecular weight excluding hydrogens is 280 g/mol. The number of halogens is 1. The van der Waals surface area contributed by atoms with Gasteiger partial charge in [0.2, 0.25) is 0 Å². The maximum absolute atomic E-state index is 11.6. The Morgan fingerprint density at radius 2 is 2.00 bits per heavy atom. The second kappa shape index (κ2) is 6.02. The molecule has 1 unspecified atom stereocenters. The lowest BCUT2D eigenvalue weighted by Gasteiger charge is -2.02. The summed E-state index contributed by atoms with van der Waals surface area (Å²) in [5.74, 6) is -0.520. The molecule has 0 fully saturated rings. The molecule has 0 N–H and O–H groups in total. The summed E-state index contributed by atoms with van der Waals surface area (Å²) >= 11 is 3.28. The molecule has 0 spiro atoms. The van der Waals surface area contributed by atoms with Crippen molar-refractivity contribution in [1.82, 2.24) is 0 Å². The zero-order valence-electron chi connectivity index (χ0n) is 8.23. The standard InChI is InChI=1S/C10H11BrO3S/c1-2-14-10(12)7-15(13)9-5-3-8(11)4-6-9/h3-6H,2,7H2,1H3. The van der Waals surface area contributed by atoms with Crippen molar-refractivity contribution in [2.45, 2.75) is 11.8 Å². The van der Waals surface area contributed by atoms with Gasteiger partial charge in [-0.05, 0) is 31.2 Å². The third-order valence-electron chi connectivity index (χ3n) is 1.63. The Balaban J connectivity index is 2.61. The van der Waals surface area contributed by atoms with Crippen LogP contribution in [-0.2, 0) is 20.3 Å². The molecular formula is C10H11BrO3S. The van der Waals surface area contributed by atoms with Crippen molar-refractivity contribution in [3.05, 3.63) is 28.7 Å². The molecule has 0 saturated heterocycles. The average Bonchev–Trinajstić information content (AvgIpc) is 2.18. The van der Waals surface area contributed by atoms with E-state index in [-0.39, 0.29) is 5.75 Å². The zero-order valence-corrected chi connectivity index (χ0v) is 10.6. The summed E-state index contributed by atoms with van der Waals surface area (Å²) in [6, 6.07) is 7.02. The van der Waals surface area contributed by atoms with E-state index in [0.29, 0.717) is 11.5 Å². The first kappa shape index (κ1) is 12.4. The molecule has 1 aromatic carbocycles. The van der Waals surface area contributed by atoms with Gasteiger partial charge < -0.3 is 4.74 Å². The van der Waals surface area contributed by atoms with E-state index in [2.05, 4.69) is 15.9 Å². The number of hydrogen-bond donors (Lipinski definition) is 0. The van der Waals surface area contributed by atoms with E-state index >= 15 is 0 Å². The maximum atomic E-state index is 11.6. The first-order chi connectivity index (χ1) is 7.13. The minimum absolute atomic E-state index is 0.0878. The molecule has 1 rings (SSSR count). The first-order valence-electron chi connectivity index (χ1n) is 4.43. The lowest BCUT2D eigenvalue weighted by Crippen LogP contribution is -2.13. The van der Waals surface area contributed by atoms with Crippen LogP contribution in [0, 0.1) is 0 Å². The Kier molecular flexibility index (Phi) is 4.98. The van der Waals surface area contributed by atoms with Gasteiger partial charge in [-0.2, -0.15) is 0 Å². The van der Waals surface area contributed by atoms with Crippen LogP contribution >= 0.6 is 15.9 Å². The van der Waals surface area contributed by atoms with Gasteiger partial charge in [-0.1, -0.05) is 15.9 Å². The van der Waals surface area contributed by atoms with E-state index in [0.717, 1.165) is 4.47 Å². The third-order valence-corrected chi connectivity index (χ3v) is 3.46. The van der Waals surface area contributed by atoms with Gasteiger partial charge in [-0.15, -0.1) is 0 Å². The van der Waals surface area contributed by atoms with Crippen molar-refractivity contribution >= 4 is 32.7 Å². The van der Waals surface area contributed by atoms with Crippen LogP contribution in [0.15, 0.2) is 33.6 Å². The molecule has 0 aliphatic rings. The molecule has 5 heteroatoms. The van der Waals surface area contributed by atoms with E-state index in [1.54, 1.807) is 31.2 Å². The van der Waals surface area contributed by atoms with Crippen LogP contribution in [0.1, 0.15) is 6.92 Å². The van der Waals surface area contributed by atoms with Gasteiger partial charge in [-0.3, -0.25) is 9.00 Å². The summed E-state index contributed by atoms with van der Waals surface area (Å²) in [7, 11) is -1.32. The number of carbonyl (C=O) groups excluding carboxylic acids is 1. The smallest absolute Gasteiger partial charge is 0.318 e. The van der Waals surface area contributed by atoms with Crippen LogP contribution in [0.5, 0.6) is 0 Å². The van der Waals surface area contributed by atoms with Gasteiger partial charge in [0.1, 0.15) is 5.75 Å². The molecule has 0 amide bonds. The number of esters is 1. The van der Waals surface area contributed by atoms with E-state index in [1.807, 2.05) is 0 Å².